The average Bonchev–Trinajstić information content (AvgIpc) is 3.07. The summed E-state index contributed by atoms with van der Waals surface area (Å²) in [6.07, 6.45) is 9.29. The smallest absolute Gasteiger partial charge is 0.295 e. The van der Waals surface area contributed by atoms with E-state index in [1.54, 1.807) is 47.6 Å². The van der Waals surface area contributed by atoms with Crippen LogP contribution in [0.25, 0.3) is 5.76 Å². The van der Waals surface area contributed by atoms with Gasteiger partial charge in [0.25, 0.3) is 11.7 Å². The molecular formula is C26H32N2O4. The van der Waals surface area contributed by atoms with E-state index in [1.165, 1.54) is 0 Å². The third-order valence-corrected chi connectivity index (χ3v) is 5.69. The number of aromatic nitrogens is 1. The largest absolute Gasteiger partial charge is 0.507 e. The van der Waals surface area contributed by atoms with Gasteiger partial charge in [-0.25, -0.2) is 0 Å². The summed E-state index contributed by atoms with van der Waals surface area (Å²) in [7, 11) is 0. The molecule has 0 saturated carbocycles. The van der Waals surface area contributed by atoms with E-state index in [2.05, 4.69) is 18.8 Å². The van der Waals surface area contributed by atoms with Crippen molar-refractivity contribution in [2.24, 2.45) is 0 Å². The average molecular weight is 437 g/mol. The molecule has 6 heteroatoms. The Balaban J connectivity index is 1.91. The molecule has 6 nitrogen and oxygen atoms in total. The minimum Gasteiger partial charge on any atom is -0.507 e. The lowest BCUT2D eigenvalue weighted by Crippen LogP contribution is -2.30. The van der Waals surface area contributed by atoms with Crippen LogP contribution in [0.15, 0.2) is 54.4 Å². The second-order valence-corrected chi connectivity index (χ2v) is 8.07. The number of nitrogens with zero attached hydrogens (tertiary/aromatic N) is 2. The van der Waals surface area contributed by atoms with Gasteiger partial charge < -0.3 is 14.7 Å². The molecule has 2 heterocycles. The predicted molar refractivity (Wildman–Crippen MR) is 124 cm³/mol. The van der Waals surface area contributed by atoms with Crippen LogP contribution in [0.5, 0.6) is 5.75 Å². The summed E-state index contributed by atoms with van der Waals surface area (Å²) in [6, 6.07) is 9.94. The molecule has 1 amide bonds. The molecule has 1 aromatic carbocycles. The van der Waals surface area contributed by atoms with Gasteiger partial charge in [-0.1, -0.05) is 45.6 Å². The van der Waals surface area contributed by atoms with Crippen molar-refractivity contribution in [2.75, 3.05) is 13.2 Å². The summed E-state index contributed by atoms with van der Waals surface area (Å²) in [5.41, 5.74) is 1.29. The molecule has 1 aliphatic heterocycles. The highest BCUT2D eigenvalue weighted by Gasteiger charge is 2.45. The third kappa shape index (κ3) is 5.36. The number of pyridine rings is 1. The molecule has 170 valence electrons. The van der Waals surface area contributed by atoms with E-state index in [9.17, 15) is 14.7 Å². The Morgan fingerprint density at radius 2 is 1.75 bits per heavy atom. The summed E-state index contributed by atoms with van der Waals surface area (Å²) in [5, 5.41) is 11.1. The van der Waals surface area contributed by atoms with Gasteiger partial charge in [0.1, 0.15) is 11.5 Å². The summed E-state index contributed by atoms with van der Waals surface area (Å²) in [4.78, 5) is 31.5. The zero-order chi connectivity index (χ0) is 22.9. The van der Waals surface area contributed by atoms with Gasteiger partial charge in [0.2, 0.25) is 0 Å². The lowest BCUT2D eigenvalue weighted by molar-refractivity contribution is -0.139. The predicted octanol–water partition coefficient (Wildman–Crippen LogP) is 5.26. The number of hydrogen-bond acceptors (Lipinski definition) is 5. The van der Waals surface area contributed by atoms with E-state index in [0.29, 0.717) is 30.0 Å². The number of ketones is 1. The highest BCUT2D eigenvalue weighted by Crippen LogP contribution is 2.39. The van der Waals surface area contributed by atoms with Crippen LogP contribution in [0.3, 0.4) is 0 Å². The number of hydrogen-bond donors (Lipinski definition) is 1. The Kier molecular flexibility index (Phi) is 8.42. The molecule has 1 aromatic heterocycles. The monoisotopic (exact) mass is 436 g/mol. The number of ether oxygens (including phenoxy) is 1. The molecule has 1 aliphatic rings. The number of Topliss-reactive ketones (excluding diaryl/α,β-unsaturated/α-hetero) is 1. The third-order valence-electron chi connectivity index (χ3n) is 5.69. The molecule has 3 rings (SSSR count). The molecule has 0 spiro atoms. The van der Waals surface area contributed by atoms with Crippen LogP contribution in [0, 0.1) is 0 Å². The van der Waals surface area contributed by atoms with Gasteiger partial charge in [-0.3, -0.25) is 14.6 Å². The standard InChI is InChI=1S/C26H32N2O4/c1-3-5-7-16-28-23(20-10-9-15-27-18-20)22(25(30)26(28)31)24(29)19-11-13-21(14-12-19)32-17-8-6-4-2/h9-15,18,23,29H,3-8,16-17H2,1-2H3/b24-22-. The zero-order valence-electron chi connectivity index (χ0n) is 18.9. The van der Waals surface area contributed by atoms with Crippen molar-refractivity contribution >= 4 is 17.4 Å². The molecule has 2 aromatic rings. The maximum atomic E-state index is 13.0. The van der Waals surface area contributed by atoms with Crippen molar-refractivity contribution in [1.82, 2.24) is 9.88 Å². The summed E-state index contributed by atoms with van der Waals surface area (Å²) in [6.45, 7) is 5.33. The second kappa shape index (κ2) is 11.5. The first-order valence-electron chi connectivity index (χ1n) is 11.5. The van der Waals surface area contributed by atoms with Gasteiger partial charge in [-0.2, -0.15) is 0 Å². The van der Waals surface area contributed by atoms with Crippen LogP contribution in [-0.4, -0.2) is 39.8 Å². The molecule has 1 fully saturated rings. The molecule has 0 radical (unpaired) electrons. The van der Waals surface area contributed by atoms with E-state index >= 15 is 0 Å². The number of benzene rings is 1. The van der Waals surface area contributed by atoms with Crippen LogP contribution in [-0.2, 0) is 9.59 Å². The Labute approximate surface area is 189 Å². The van der Waals surface area contributed by atoms with E-state index < -0.39 is 17.7 Å². The van der Waals surface area contributed by atoms with E-state index in [4.69, 9.17) is 4.74 Å². The molecule has 32 heavy (non-hydrogen) atoms. The topological polar surface area (TPSA) is 79.7 Å². The minimum absolute atomic E-state index is 0.108. The first-order chi connectivity index (χ1) is 15.6. The summed E-state index contributed by atoms with van der Waals surface area (Å²) < 4.78 is 5.73. The van der Waals surface area contributed by atoms with Crippen molar-refractivity contribution in [3.05, 3.63) is 65.5 Å². The number of rotatable bonds is 11. The maximum Gasteiger partial charge on any atom is 0.295 e. The molecule has 1 unspecified atom stereocenters. The van der Waals surface area contributed by atoms with Gasteiger partial charge in [0.15, 0.2) is 0 Å². The lowest BCUT2D eigenvalue weighted by Gasteiger charge is -2.25. The van der Waals surface area contributed by atoms with E-state index in [-0.39, 0.29) is 11.3 Å². The van der Waals surface area contributed by atoms with Crippen LogP contribution in [0.2, 0.25) is 0 Å². The van der Waals surface area contributed by atoms with Crippen LogP contribution >= 0.6 is 0 Å². The highest BCUT2D eigenvalue weighted by atomic mass is 16.5. The van der Waals surface area contributed by atoms with E-state index in [0.717, 1.165) is 38.5 Å². The highest BCUT2D eigenvalue weighted by molar-refractivity contribution is 6.46. The van der Waals surface area contributed by atoms with Gasteiger partial charge in [0.05, 0.1) is 18.2 Å². The number of unbranched alkanes of at least 4 members (excludes halogenated alkanes) is 4. The number of likely N-dealkylation sites (tertiary alicyclic amines) is 1. The van der Waals surface area contributed by atoms with Crippen molar-refractivity contribution < 1.29 is 19.4 Å². The van der Waals surface area contributed by atoms with Crippen LogP contribution in [0.1, 0.15) is 69.5 Å². The fourth-order valence-electron chi connectivity index (χ4n) is 3.93. The fraction of sp³-hybridized carbons (Fsp3) is 0.423. The summed E-state index contributed by atoms with van der Waals surface area (Å²) >= 11 is 0. The number of aliphatic hydroxyl groups excluding tert-OH is 1. The molecule has 1 N–H and O–H groups in total. The first kappa shape index (κ1) is 23.5. The van der Waals surface area contributed by atoms with Gasteiger partial charge in [-0.15, -0.1) is 0 Å². The van der Waals surface area contributed by atoms with Gasteiger partial charge in [0, 0.05) is 24.5 Å². The molecule has 1 saturated heterocycles. The first-order valence-corrected chi connectivity index (χ1v) is 11.5. The van der Waals surface area contributed by atoms with Crippen LogP contribution in [0.4, 0.5) is 0 Å². The van der Waals surface area contributed by atoms with Gasteiger partial charge in [-0.05, 0) is 48.7 Å². The Hall–Kier alpha value is -3.15. The fourth-order valence-corrected chi connectivity index (χ4v) is 3.93. The molecule has 0 bridgehead atoms. The van der Waals surface area contributed by atoms with Crippen molar-refractivity contribution in [2.45, 2.75) is 58.4 Å². The number of amides is 1. The quantitative estimate of drug-likeness (QED) is 0.225. The SMILES string of the molecule is CCCCCOc1ccc(/C(O)=C2/C(=O)C(=O)N(CCCCC)C2c2cccnc2)cc1. The normalized spacial score (nSPS) is 17.7. The maximum absolute atomic E-state index is 13.0. The number of carbonyl (C=O) groups is 2. The molecule has 1 atom stereocenters. The Bertz CT molecular complexity index is 938. The Morgan fingerprint density at radius 1 is 1.03 bits per heavy atom. The minimum atomic E-state index is -0.659. The molecular weight excluding hydrogens is 404 g/mol. The molecule has 0 aliphatic carbocycles. The van der Waals surface area contributed by atoms with Crippen molar-refractivity contribution in [3.63, 3.8) is 0 Å². The number of aliphatic hydroxyl groups is 1. The van der Waals surface area contributed by atoms with E-state index in [1.807, 2.05) is 6.07 Å². The summed E-state index contributed by atoms with van der Waals surface area (Å²) in [5.74, 6) is -0.700. The van der Waals surface area contributed by atoms with Crippen LogP contribution < -0.4 is 4.74 Å². The Morgan fingerprint density at radius 3 is 2.41 bits per heavy atom. The van der Waals surface area contributed by atoms with Gasteiger partial charge >= 0.3 is 0 Å². The van der Waals surface area contributed by atoms with Crippen molar-refractivity contribution in [1.29, 1.82) is 0 Å². The second-order valence-electron chi connectivity index (χ2n) is 8.07. The zero-order valence-corrected chi connectivity index (χ0v) is 18.9. The number of carbonyl (C=O) groups excluding carboxylic acids is 2. The van der Waals surface area contributed by atoms with Crippen molar-refractivity contribution in [3.8, 4) is 5.75 Å². The lowest BCUT2D eigenvalue weighted by atomic mass is 9.96.